The van der Waals surface area contributed by atoms with E-state index >= 15 is 0 Å². The molecule has 0 bridgehead atoms. The summed E-state index contributed by atoms with van der Waals surface area (Å²) in [5, 5.41) is 0. The minimum absolute atomic E-state index is 0. The molecule has 0 saturated heterocycles. The number of carbonyl (C=O) groups is 1. The summed E-state index contributed by atoms with van der Waals surface area (Å²) in [4.78, 5) is 9.28. The van der Waals surface area contributed by atoms with Crippen LogP contribution in [0.3, 0.4) is 0 Å². The van der Waals surface area contributed by atoms with Gasteiger partial charge in [-0.3, -0.25) is 4.79 Å². The monoisotopic (exact) mass is 378 g/mol. The molecule has 0 fully saturated rings. The zero-order valence-electron chi connectivity index (χ0n) is 2.02. The van der Waals surface area contributed by atoms with Gasteiger partial charge >= 0.3 is 19.8 Å². The first-order valence-electron chi connectivity index (χ1n) is 0.582. The molecule has 0 atom stereocenters. The quantitative estimate of drug-likeness (QED) is 0.589. The second-order valence-corrected chi connectivity index (χ2v) is 2.73. The van der Waals surface area contributed by atoms with Crippen LogP contribution in [-0.2, 0) is 19.8 Å². The topological polar surface area (TPSA) is 17.1 Å². The fraction of sp³-hybridized carbons (Fsp3) is 0. The van der Waals surface area contributed by atoms with Crippen LogP contribution < -0.4 is 0 Å². The molecule has 4 heteroatoms. The zero-order valence-corrected chi connectivity index (χ0v) is 7.73. The predicted octanol–water partition coefficient (Wildman–Crippen LogP) is 1.89. The summed E-state index contributed by atoms with van der Waals surface area (Å²) in [5.41, 5.74) is 0. The average Bonchev–Trinajstić information content (AvgIpc) is 0.811. The van der Waals surface area contributed by atoms with Crippen molar-refractivity contribution in [1.29, 1.82) is 0 Å². The molecule has 0 radical (unpaired) electrons. The summed E-state index contributed by atoms with van der Waals surface area (Å²) in [6.45, 7) is 0. The predicted molar refractivity (Wildman–Crippen MR) is 23.2 cm³/mol. The van der Waals surface area contributed by atoms with E-state index in [1.165, 1.54) is 0 Å². The van der Waals surface area contributed by atoms with Gasteiger partial charge in [0.25, 0.3) is 3.60 Å². The van der Waals surface area contributed by atoms with Crippen molar-refractivity contribution >= 4 is 35.5 Å². The van der Waals surface area contributed by atoms with Crippen molar-refractivity contribution in [3.05, 3.63) is 0 Å². The molecule has 1 nitrogen and oxygen atoms in total. The van der Waals surface area contributed by atoms with Gasteiger partial charge in [0.05, 0.1) is 0 Å². The minimum Gasteiger partial charge on any atom is -0.273 e. The van der Waals surface area contributed by atoms with Gasteiger partial charge in [0.2, 0.25) is 0 Å². The molecule has 0 aromatic heterocycles. The Morgan fingerprint density at radius 1 is 1.40 bits per heavy atom. The van der Waals surface area contributed by atoms with Crippen molar-refractivity contribution in [2.45, 2.75) is 0 Å². The molecule has 0 aliphatic rings. The molecule has 0 aliphatic heterocycles. The van der Waals surface area contributed by atoms with Gasteiger partial charge in [0.15, 0.2) is 0 Å². The summed E-state index contributed by atoms with van der Waals surface area (Å²) < 4.78 is -0.208. The first-order valence-corrected chi connectivity index (χ1v) is 2.17. The van der Waals surface area contributed by atoms with Crippen molar-refractivity contribution in [2.75, 3.05) is 0 Å². The van der Waals surface area contributed by atoms with Gasteiger partial charge in [-0.25, -0.2) is 0 Å². The molecule has 30 valence electrons. The van der Waals surface area contributed by atoms with Crippen molar-refractivity contribution < 1.29 is 24.6 Å². The normalized spacial score (nSPS) is 5.20. The average molecular weight is 378 g/mol. The Labute approximate surface area is 59.8 Å². The molecule has 0 N–H and O–H groups in total. The van der Waals surface area contributed by atoms with Gasteiger partial charge in [0, 0.05) is 31.9 Å². The zero-order chi connectivity index (χ0) is 3.58. The molecular formula is CBr2OOs+2. The minimum atomic E-state index is -0.208. The Bertz CT molecular complexity index is 32.6. The Morgan fingerprint density at radius 3 is 1.40 bits per heavy atom. The number of hydrogen-bond acceptors (Lipinski definition) is 1. The Kier molecular flexibility index (Phi) is 10.1. The molecule has 0 rings (SSSR count). The molecule has 0 saturated carbocycles. The van der Waals surface area contributed by atoms with Crippen LogP contribution in [-0.4, -0.2) is 3.60 Å². The van der Waals surface area contributed by atoms with Gasteiger partial charge in [-0.05, 0) is 0 Å². The van der Waals surface area contributed by atoms with Crippen molar-refractivity contribution in [3.63, 3.8) is 0 Å². The summed E-state index contributed by atoms with van der Waals surface area (Å²) in [6.07, 6.45) is 0. The van der Waals surface area contributed by atoms with Crippen molar-refractivity contribution in [2.24, 2.45) is 0 Å². The molecule has 0 amide bonds. The van der Waals surface area contributed by atoms with E-state index in [0.717, 1.165) is 0 Å². The Balaban J connectivity index is 0. The van der Waals surface area contributed by atoms with Crippen LogP contribution >= 0.6 is 31.9 Å². The van der Waals surface area contributed by atoms with Gasteiger partial charge in [-0.1, -0.05) is 0 Å². The molecular weight excluding hydrogens is 378 g/mol. The summed E-state index contributed by atoms with van der Waals surface area (Å²) in [7, 11) is 0. The van der Waals surface area contributed by atoms with Crippen LogP contribution in [0.4, 0.5) is 4.79 Å². The van der Waals surface area contributed by atoms with E-state index in [1.54, 1.807) is 0 Å². The van der Waals surface area contributed by atoms with E-state index < -0.39 is 0 Å². The first-order chi connectivity index (χ1) is 1.73. The number of rotatable bonds is 0. The molecule has 0 aromatic carbocycles. The maximum Gasteiger partial charge on any atom is 2.00 e. The van der Waals surface area contributed by atoms with Gasteiger partial charge < -0.3 is 0 Å². The van der Waals surface area contributed by atoms with Crippen molar-refractivity contribution in [1.82, 2.24) is 0 Å². The first kappa shape index (κ1) is 9.55. The van der Waals surface area contributed by atoms with E-state index in [2.05, 4.69) is 31.9 Å². The van der Waals surface area contributed by atoms with Crippen LogP contribution in [0.15, 0.2) is 0 Å². The van der Waals surface area contributed by atoms with E-state index in [9.17, 15) is 4.79 Å². The molecule has 0 heterocycles. The van der Waals surface area contributed by atoms with Crippen LogP contribution in [0.5, 0.6) is 0 Å². The molecule has 0 aliphatic carbocycles. The van der Waals surface area contributed by atoms with Crippen LogP contribution in [0.1, 0.15) is 0 Å². The summed E-state index contributed by atoms with van der Waals surface area (Å²) in [6, 6.07) is 0. The van der Waals surface area contributed by atoms with Crippen LogP contribution in [0.2, 0.25) is 0 Å². The Hall–Kier alpha value is 1.27. The Morgan fingerprint density at radius 2 is 1.40 bits per heavy atom. The molecule has 0 unspecified atom stereocenters. The maximum atomic E-state index is 9.28. The third-order valence-electron chi connectivity index (χ3n) is 0. The summed E-state index contributed by atoms with van der Waals surface area (Å²) in [5.74, 6) is 0. The number of hydrogen-bond donors (Lipinski definition) is 0. The van der Waals surface area contributed by atoms with Gasteiger partial charge in [0.1, 0.15) is 0 Å². The number of carbonyl (C=O) groups excluding carboxylic acids is 1. The smallest absolute Gasteiger partial charge is 0.273 e. The standard InChI is InChI=1S/CBr2O.Os/c2-1(3)4;/q;+2. The second kappa shape index (κ2) is 5.27. The van der Waals surface area contributed by atoms with Crippen LogP contribution in [0, 0.1) is 0 Å². The maximum absolute atomic E-state index is 9.28. The third kappa shape index (κ3) is 35.0. The summed E-state index contributed by atoms with van der Waals surface area (Å²) >= 11 is 5.10. The molecule has 5 heavy (non-hydrogen) atoms. The fourth-order valence-corrected chi connectivity index (χ4v) is 0. The van der Waals surface area contributed by atoms with Crippen LogP contribution in [0.25, 0.3) is 0 Å². The SMILES string of the molecule is O=C(Br)Br.[Os+2]. The van der Waals surface area contributed by atoms with E-state index in [1.807, 2.05) is 0 Å². The van der Waals surface area contributed by atoms with Gasteiger partial charge in [-0.2, -0.15) is 0 Å². The second-order valence-electron chi connectivity index (χ2n) is 0.226. The van der Waals surface area contributed by atoms with Gasteiger partial charge in [-0.15, -0.1) is 0 Å². The third-order valence-corrected chi connectivity index (χ3v) is 0. The van der Waals surface area contributed by atoms with E-state index in [4.69, 9.17) is 0 Å². The van der Waals surface area contributed by atoms with E-state index in [0.29, 0.717) is 0 Å². The number of halogens is 2. The van der Waals surface area contributed by atoms with E-state index in [-0.39, 0.29) is 23.4 Å². The fourth-order valence-electron chi connectivity index (χ4n) is 0. The molecule has 0 aromatic rings. The van der Waals surface area contributed by atoms with Crippen molar-refractivity contribution in [3.8, 4) is 0 Å². The molecule has 0 spiro atoms. The largest absolute Gasteiger partial charge is 2.00 e.